The number of nitrogens with two attached hydrogens (primary N) is 1. The zero-order chi connectivity index (χ0) is 20.9. The Morgan fingerprint density at radius 1 is 0.931 bits per heavy atom. The van der Waals surface area contributed by atoms with Gasteiger partial charge in [-0.2, -0.15) is 0 Å². The van der Waals surface area contributed by atoms with Crippen LogP contribution in [0.25, 0.3) is 11.1 Å². The fourth-order valence-electron chi connectivity index (χ4n) is 3.25. The predicted molar refractivity (Wildman–Crippen MR) is 113 cm³/mol. The third-order valence-corrected chi connectivity index (χ3v) is 6.38. The maximum atomic E-state index is 13.6. The second-order valence-corrected chi connectivity index (χ2v) is 8.81. The van der Waals surface area contributed by atoms with Crippen LogP contribution in [0.2, 0.25) is 0 Å². The highest BCUT2D eigenvalue weighted by atomic mass is 32.2. The molecule has 3 aromatic carbocycles. The first-order valence-electron chi connectivity index (χ1n) is 9.37. The summed E-state index contributed by atoms with van der Waals surface area (Å²) >= 11 is 0. The Bertz CT molecular complexity index is 1100. The highest BCUT2D eigenvalue weighted by Crippen LogP contribution is 2.32. The number of halogens is 1. The summed E-state index contributed by atoms with van der Waals surface area (Å²) in [6, 6.07) is 18.4. The standard InChI is InChI=1S/C23H24FNO3S/c1-28-22-11-10-20(19-8-3-9-21(24)14-19)15-23(22)29(26,27)16-18-6-2-5-17(13-18)7-4-12-25/h2-3,5-6,8-11,13-15H,4,7,12,16,25H2,1H3. The van der Waals surface area contributed by atoms with Crippen LogP contribution in [0.4, 0.5) is 4.39 Å². The lowest BCUT2D eigenvalue weighted by Gasteiger charge is -2.13. The first-order chi connectivity index (χ1) is 13.9. The number of benzene rings is 3. The minimum absolute atomic E-state index is 0.0918. The molecule has 0 aliphatic rings. The van der Waals surface area contributed by atoms with Crippen LogP contribution in [0.1, 0.15) is 17.5 Å². The number of ether oxygens (including phenoxy) is 1. The van der Waals surface area contributed by atoms with Crippen LogP contribution in [0.15, 0.2) is 71.6 Å². The summed E-state index contributed by atoms with van der Waals surface area (Å²) in [5.41, 5.74) is 8.54. The molecule has 0 amide bonds. The number of hydrogen-bond donors (Lipinski definition) is 1. The Morgan fingerprint density at radius 2 is 1.66 bits per heavy atom. The Kier molecular flexibility index (Phi) is 6.67. The third kappa shape index (κ3) is 5.22. The lowest BCUT2D eigenvalue weighted by molar-refractivity contribution is 0.403. The minimum Gasteiger partial charge on any atom is -0.495 e. The van der Waals surface area contributed by atoms with E-state index in [1.54, 1.807) is 36.4 Å². The van der Waals surface area contributed by atoms with Crippen molar-refractivity contribution in [2.45, 2.75) is 23.5 Å². The molecule has 29 heavy (non-hydrogen) atoms. The molecule has 0 spiro atoms. The summed E-state index contributed by atoms with van der Waals surface area (Å²) in [6.45, 7) is 0.590. The van der Waals surface area contributed by atoms with Crippen LogP contribution in [0, 0.1) is 5.82 Å². The maximum absolute atomic E-state index is 13.6. The van der Waals surface area contributed by atoms with E-state index in [1.807, 2.05) is 18.2 Å². The van der Waals surface area contributed by atoms with Crippen LogP contribution in [-0.4, -0.2) is 22.1 Å². The number of aryl methyl sites for hydroxylation is 1. The normalized spacial score (nSPS) is 11.4. The molecule has 2 N–H and O–H groups in total. The smallest absolute Gasteiger partial charge is 0.186 e. The monoisotopic (exact) mass is 413 g/mol. The summed E-state index contributed by atoms with van der Waals surface area (Å²) in [5, 5.41) is 0. The van der Waals surface area contributed by atoms with Gasteiger partial charge in [-0.15, -0.1) is 0 Å². The quantitative estimate of drug-likeness (QED) is 0.595. The van der Waals surface area contributed by atoms with Gasteiger partial charge >= 0.3 is 0 Å². The molecule has 4 nitrogen and oxygen atoms in total. The Labute approximate surface area is 171 Å². The average molecular weight is 414 g/mol. The molecule has 0 aliphatic carbocycles. The molecule has 0 fully saturated rings. The summed E-state index contributed by atoms with van der Waals surface area (Å²) in [6.07, 6.45) is 1.66. The molecular weight excluding hydrogens is 389 g/mol. The highest BCUT2D eigenvalue weighted by molar-refractivity contribution is 7.90. The van der Waals surface area contributed by atoms with Gasteiger partial charge in [0.25, 0.3) is 0 Å². The second kappa shape index (κ2) is 9.20. The van der Waals surface area contributed by atoms with Crippen LogP contribution >= 0.6 is 0 Å². The molecule has 0 aliphatic heterocycles. The summed E-state index contributed by atoms with van der Waals surface area (Å²) < 4.78 is 45.3. The van der Waals surface area contributed by atoms with Crippen molar-refractivity contribution in [1.29, 1.82) is 0 Å². The fourth-order valence-corrected chi connectivity index (χ4v) is 4.78. The summed E-state index contributed by atoms with van der Waals surface area (Å²) in [7, 11) is -2.24. The molecule has 0 unspecified atom stereocenters. The van der Waals surface area contributed by atoms with E-state index < -0.39 is 9.84 Å². The van der Waals surface area contributed by atoms with Crippen LogP contribution in [-0.2, 0) is 22.0 Å². The molecule has 6 heteroatoms. The zero-order valence-corrected chi connectivity index (χ0v) is 17.1. The van der Waals surface area contributed by atoms with Gasteiger partial charge in [0.15, 0.2) is 9.84 Å². The van der Waals surface area contributed by atoms with E-state index >= 15 is 0 Å². The maximum Gasteiger partial charge on any atom is 0.186 e. The van der Waals surface area contributed by atoms with Crippen molar-refractivity contribution in [1.82, 2.24) is 0 Å². The van der Waals surface area contributed by atoms with Crippen LogP contribution < -0.4 is 10.5 Å². The van der Waals surface area contributed by atoms with Crippen molar-refractivity contribution in [3.63, 3.8) is 0 Å². The van der Waals surface area contributed by atoms with Gasteiger partial charge in [-0.3, -0.25) is 0 Å². The van der Waals surface area contributed by atoms with Gasteiger partial charge in [0.2, 0.25) is 0 Å². The molecule has 0 saturated heterocycles. The largest absolute Gasteiger partial charge is 0.495 e. The Hall–Kier alpha value is -2.70. The third-order valence-electron chi connectivity index (χ3n) is 4.67. The second-order valence-electron chi connectivity index (χ2n) is 6.85. The van der Waals surface area contributed by atoms with Gasteiger partial charge in [-0.25, -0.2) is 12.8 Å². The van der Waals surface area contributed by atoms with Gasteiger partial charge in [-0.1, -0.05) is 42.5 Å². The van der Waals surface area contributed by atoms with Gasteiger partial charge in [-0.05, 0) is 65.9 Å². The Balaban J connectivity index is 1.96. The van der Waals surface area contributed by atoms with E-state index in [-0.39, 0.29) is 22.2 Å². The first-order valence-corrected chi connectivity index (χ1v) is 11.0. The number of rotatable bonds is 8. The van der Waals surface area contributed by atoms with Crippen molar-refractivity contribution in [2.75, 3.05) is 13.7 Å². The van der Waals surface area contributed by atoms with Gasteiger partial charge in [0, 0.05) is 0 Å². The molecule has 0 atom stereocenters. The van der Waals surface area contributed by atoms with Crippen molar-refractivity contribution in [3.05, 3.63) is 83.7 Å². The predicted octanol–water partition coefficient (Wildman–Crippen LogP) is 4.37. The lowest BCUT2D eigenvalue weighted by Crippen LogP contribution is -2.08. The molecule has 0 aromatic heterocycles. The summed E-state index contributed by atoms with van der Waals surface area (Å²) in [5.74, 6) is -0.256. The lowest BCUT2D eigenvalue weighted by atomic mass is 10.1. The number of hydrogen-bond acceptors (Lipinski definition) is 4. The van der Waals surface area contributed by atoms with Gasteiger partial charge < -0.3 is 10.5 Å². The van der Waals surface area contributed by atoms with Crippen molar-refractivity contribution in [2.24, 2.45) is 5.73 Å². The van der Waals surface area contributed by atoms with E-state index in [0.29, 0.717) is 23.2 Å². The van der Waals surface area contributed by atoms with Crippen molar-refractivity contribution in [3.8, 4) is 16.9 Å². The molecule has 0 radical (unpaired) electrons. The topological polar surface area (TPSA) is 69.4 Å². The van der Waals surface area contributed by atoms with E-state index in [2.05, 4.69) is 0 Å². The molecule has 152 valence electrons. The summed E-state index contributed by atoms with van der Waals surface area (Å²) in [4.78, 5) is 0.0918. The van der Waals surface area contributed by atoms with E-state index in [9.17, 15) is 12.8 Å². The molecular formula is C23H24FNO3S. The van der Waals surface area contributed by atoms with E-state index in [1.165, 1.54) is 19.2 Å². The fraction of sp³-hybridized carbons (Fsp3) is 0.217. The molecule has 0 saturated carbocycles. The van der Waals surface area contributed by atoms with Crippen LogP contribution in [0.5, 0.6) is 5.75 Å². The van der Waals surface area contributed by atoms with E-state index in [4.69, 9.17) is 10.5 Å². The van der Waals surface area contributed by atoms with Crippen molar-refractivity contribution >= 4 is 9.84 Å². The van der Waals surface area contributed by atoms with Crippen molar-refractivity contribution < 1.29 is 17.5 Å². The number of methoxy groups -OCH3 is 1. The Morgan fingerprint density at radius 3 is 2.38 bits per heavy atom. The molecule has 0 bridgehead atoms. The zero-order valence-electron chi connectivity index (χ0n) is 16.3. The number of sulfone groups is 1. The van der Waals surface area contributed by atoms with Gasteiger partial charge in [0.05, 0.1) is 12.9 Å². The SMILES string of the molecule is COc1ccc(-c2cccc(F)c2)cc1S(=O)(=O)Cc1cccc(CCCN)c1. The first kappa shape index (κ1) is 21.0. The van der Waals surface area contributed by atoms with Crippen LogP contribution in [0.3, 0.4) is 0 Å². The molecule has 0 heterocycles. The highest BCUT2D eigenvalue weighted by Gasteiger charge is 2.21. The average Bonchev–Trinajstić information content (AvgIpc) is 2.71. The van der Waals surface area contributed by atoms with E-state index in [0.717, 1.165) is 18.4 Å². The molecule has 3 aromatic rings. The van der Waals surface area contributed by atoms with Gasteiger partial charge in [0.1, 0.15) is 16.5 Å². The molecule has 3 rings (SSSR count). The minimum atomic E-state index is -3.68.